The molecule has 0 bridgehead atoms. The molecule has 2 aromatic carbocycles. The lowest BCUT2D eigenvalue weighted by molar-refractivity contribution is -0.209. The Morgan fingerprint density at radius 1 is 1.00 bits per heavy atom. The number of amides is 2. The fourth-order valence-corrected chi connectivity index (χ4v) is 6.74. The first kappa shape index (κ1) is 33.9. The van der Waals surface area contributed by atoms with Gasteiger partial charge in [0.15, 0.2) is 5.79 Å². The van der Waals surface area contributed by atoms with Crippen LogP contribution in [0.25, 0.3) is 6.08 Å². The number of hydrogen-bond acceptors (Lipinski definition) is 9. The Kier molecular flexibility index (Phi) is 10.6. The van der Waals surface area contributed by atoms with Crippen molar-refractivity contribution in [1.82, 2.24) is 10.2 Å². The van der Waals surface area contributed by atoms with E-state index in [-0.39, 0.29) is 62.9 Å². The van der Waals surface area contributed by atoms with Crippen molar-refractivity contribution in [2.45, 2.75) is 68.7 Å². The quantitative estimate of drug-likeness (QED) is 0.149. The summed E-state index contributed by atoms with van der Waals surface area (Å²) in [4.78, 5) is 42.7. The normalized spacial score (nSPS) is 23.6. The topological polar surface area (TPSA) is 144 Å². The number of likely N-dealkylation sites (N-methyl/N-ethyl adjacent to an activating group) is 1. The van der Waals surface area contributed by atoms with E-state index >= 15 is 0 Å². The molecule has 1 heterocycles. The van der Waals surface area contributed by atoms with Gasteiger partial charge in [0.1, 0.15) is 31.0 Å². The molecule has 2 aromatic rings. The Balaban J connectivity index is 1.27. The van der Waals surface area contributed by atoms with Crippen molar-refractivity contribution in [3.05, 3.63) is 89.2 Å². The number of carbonyl (C=O) groups excluding carboxylic acids is 3. The SMILES string of the molecule is CN(C(=O)C1=CC2OC(C3CC3)(C3CC3)OC2C(OC(=O)c2ccccc2C=COCCO)C1)C(Cc1ccccc1)C(=O)NCCO. The number of benzene rings is 2. The molecule has 3 fully saturated rings. The van der Waals surface area contributed by atoms with Crippen LogP contribution in [0.15, 0.2) is 72.5 Å². The summed E-state index contributed by atoms with van der Waals surface area (Å²) in [5.74, 6) is -1.57. The highest BCUT2D eigenvalue weighted by Crippen LogP contribution is 2.59. The number of esters is 1. The van der Waals surface area contributed by atoms with Crippen molar-refractivity contribution in [3.8, 4) is 0 Å². The number of nitrogens with zero attached hydrogens (tertiary/aromatic N) is 1. The van der Waals surface area contributed by atoms with Crippen LogP contribution in [0.1, 0.15) is 53.6 Å². The Morgan fingerprint density at radius 3 is 2.40 bits per heavy atom. The summed E-state index contributed by atoms with van der Waals surface area (Å²) in [5.41, 5.74) is 2.15. The number of nitrogens with one attached hydrogen (secondary N) is 1. The molecule has 11 heteroatoms. The van der Waals surface area contributed by atoms with Gasteiger partial charge in [0, 0.05) is 43.8 Å². The highest BCUT2D eigenvalue weighted by Gasteiger charge is 2.64. The molecular weight excluding hydrogens is 616 g/mol. The van der Waals surface area contributed by atoms with Crippen LogP contribution in [0, 0.1) is 11.8 Å². The summed E-state index contributed by atoms with van der Waals surface area (Å²) < 4.78 is 24.9. The molecule has 2 saturated carbocycles. The van der Waals surface area contributed by atoms with Gasteiger partial charge in [0.05, 0.1) is 25.0 Å². The summed E-state index contributed by atoms with van der Waals surface area (Å²) in [6.07, 6.45) is 7.18. The molecule has 3 aliphatic carbocycles. The fraction of sp³-hybridized carbons (Fsp3) is 0.486. The number of aliphatic hydroxyl groups is 2. The van der Waals surface area contributed by atoms with Crippen LogP contribution in [0.4, 0.5) is 0 Å². The first-order valence-electron chi connectivity index (χ1n) is 16.8. The lowest BCUT2D eigenvalue weighted by atomic mass is 9.90. The average Bonchev–Trinajstić information content (AvgIpc) is 4.05. The van der Waals surface area contributed by atoms with Crippen molar-refractivity contribution in [2.24, 2.45) is 11.8 Å². The van der Waals surface area contributed by atoms with Gasteiger partial charge in [-0.2, -0.15) is 0 Å². The third-order valence-corrected chi connectivity index (χ3v) is 9.45. The third-order valence-electron chi connectivity index (χ3n) is 9.45. The van der Waals surface area contributed by atoms with Gasteiger partial charge in [-0.15, -0.1) is 0 Å². The summed E-state index contributed by atoms with van der Waals surface area (Å²) in [6, 6.07) is 15.5. The second-order valence-corrected chi connectivity index (χ2v) is 12.9. The smallest absolute Gasteiger partial charge is 0.339 e. The van der Waals surface area contributed by atoms with E-state index < -0.39 is 36.1 Å². The molecule has 1 aliphatic heterocycles. The number of hydrogen-bond donors (Lipinski definition) is 3. The molecule has 0 aromatic heterocycles. The maximum Gasteiger partial charge on any atom is 0.339 e. The van der Waals surface area contributed by atoms with E-state index in [9.17, 15) is 19.5 Å². The molecule has 1 saturated heterocycles. The van der Waals surface area contributed by atoms with Crippen molar-refractivity contribution >= 4 is 23.9 Å². The maximum atomic E-state index is 14.2. The van der Waals surface area contributed by atoms with Crippen molar-refractivity contribution < 1.29 is 43.5 Å². The van der Waals surface area contributed by atoms with Gasteiger partial charge in [-0.3, -0.25) is 9.59 Å². The Labute approximate surface area is 280 Å². The van der Waals surface area contributed by atoms with Crippen LogP contribution in [-0.2, 0) is 35.0 Å². The maximum absolute atomic E-state index is 14.2. The lowest BCUT2D eigenvalue weighted by Gasteiger charge is -2.33. The molecule has 4 aliphatic rings. The third kappa shape index (κ3) is 7.49. The summed E-state index contributed by atoms with van der Waals surface area (Å²) in [5, 5.41) is 21.1. The molecular formula is C37H44N2O9. The van der Waals surface area contributed by atoms with E-state index in [1.807, 2.05) is 30.3 Å². The number of aliphatic hydroxyl groups excluding tert-OH is 2. The van der Waals surface area contributed by atoms with Crippen LogP contribution < -0.4 is 5.32 Å². The predicted octanol–water partition coefficient (Wildman–Crippen LogP) is 3.00. The van der Waals surface area contributed by atoms with Crippen molar-refractivity contribution in [1.29, 1.82) is 0 Å². The molecule has 48 heavy (non-hydrogen) atoms. The number of carbonyl (C=O) groups is 3. The zero-order chi connectivity index (χ0) is 33.7. The van der Waals surface area contributed by atoms with E-state index in [0.717, 1.165) is 31.2 Å². The highest BCUT2D eigenvalue weighted by molar-refractivity contribution is 5.97. The summed E-state index contributed by atoms with van der Waals surface area (Å²) >= 11 is 0. The zero-order valence-corrected chi connectivity index (χ0v) is 27.2. The molecule has 2 amide bonds. The minimum absolute atomic E-state index is 0.0659. The van der Waals surface area contributed by atoms with E-state index in [4.69, 9.17) is 24.1 Å². The number of ether oxygens (including phenoxy) is 4. The number of rotatable bonds is 15. The minimum atomic E-state index is -0.851. The lowest BCUT2D eigenvalue weighted by Crippen LogP contribution is -2.51. The van der Waals surface area contributed by atoms with E-state index in [0.29, 0.717) is 16.7 Å². The van der Waals surface area contributed by atoms with E-state index in [2.05, 4.69) is 5.32 Å². The average molecular weight is 661 g/mol. The van der Waals surface area contributed by atoms with Gasteiger partial charge in [0.25, 0.3) is 0 Å². The first-order valence-corrected chi connectivity index (χ1v) is 16.8. The molecule has 3 N–H and O–H groups in total. The Morgan fingerprint density at radius 2 is 1.71 bits per heavy atom. The van der Waals surface area contributed by atoms with Gasteiger partial charge in [0.2, 0.25) is 11.8 Å². The zero-order valence-electron chi connectivity index (χ0n) is 27.2. The summed E-state index contributed by atoms with van der Waals surface area (Å²) in [6.45, 7) is -0.162. The van der Waals surface area contributed by atoms with Crippen LogP contribution in [0.3, 0.4) is 0 Å². The van der Waals surface area contributed by atoms with Crippen LogP contribution in [-0.4, -0.2) is 96.5 Å². The van der Waals surface area contributed by atoms with E-state index in [1.54, 1.807) is 43.5 Å². The largest absolute Gasteiger partial charge is 0.499 e. The molecule has 6 rings (SSSR count). The second kappa shape index (κ2) is 15.0. The van der Waals surface area contributed by atoms with Crippen LogP contribution in [0.5, 0.6) is 0 Å². The molecule has 0 radical (unpaired) electrons. The standard InChI is InChI=1S/C37H44N2O9/c1-39(30(34(42)38-16-17-40)21-24-7-3-2-4-8-24)35(43)26-22-31(33-32(23-26)47-37(48-33,27-11-12-27)28-13-14-28)46-36(44)29-10-6-5-9-25(29)15-19-45-20-18-41/h2-10,15,19,23,27-28,30-33,40-41H,11-14,16-18,20-22H2,1H3,(H,38,42). The fourth-order valence-electron chi connectivity index (χ4n) is 6.74. The van der Waals surface area contributed by atoms with Gasteiger partial charge in [-0.05, 0) is 55.0 Å². The van der Waals surface area contributed by atoms with Gasteiger partial charge in [-0.25, -0.2) is 4.79 Å². The van der Waals surface area contributed by atoms with Gasteiger partial charge in [-0.1, -0.05) is 48.5 Å². The molecule has 11 nitrogen and oxygen atoms in total. The number of fused-ring (bicyclic) bond motifs is 1. The molecule has 0 spiro atoms. The Bertz CT molecular complexity index is 1510. The summed E-state index contributed by atoms with van der Waals surface area (Å²) in [7, 11) is 1.59. The van der Waals surface area contributed by atoms with Crippen LogP contribution >= 0.6 is 0 Å². The van der Waals surface area contributed by atoms with Crippen molar-refractivity contribution in [2.75, 3.05) is 33.4 Å². The van der Waals surface area contributed by atoms with Crippen LogP contribution in [0.2, 0.25) is 0 Å². The predicted molar refractivity (Wildman–Crippen MR) is 175 cm³/mol. The van der Waals surface area contributed by atoms with Gasteiger partial charge < -0.3 is 39.4 Å². The minimum Gasteiger partial charge on any atom is -0.499 e. The Hall–Kier alpha value is -4.03. The highest BCUT2D eigenvalue weighted by atomic mass is 16.8. The van der Waals surface area contributed by atoms with Gasteiger partial charge >= 0.3 is 5.97 Å². The second-order valence-electron chi connectivity index (χ2n) is 12.9. The monoisotopic (exact) mass is 660 g/mol. The molecule has 4 unspecified atom stereocenters. The van der Waals surface area contributed by atoms with E-state index in [1.165, 1.54) is 11.2 Å². The van der Waals surface area contributed by atoms with Crippen molar-refractivity contribution in [3.63, 3.8) is 0 Å². The molecule has 4 atom stereocenters. The molecule has 256 valence electrons. The first-order chi connectivity index (χ1) is 23.3.